The fraction of sp³-hybridized carbons (Fsp3) is 0.750. The first-order valence-electron chi connectivity index (χ1n) is 4.98. The van der Waals surface area contributed by atoms with Crippen LogP contribution in [-0.4, -0.2) is 48.8 Å². The number of aliphatic imine (C=N–C) groups is 1. The minimum absolute atomic E-state index is 0.230. The normalized spacial score (nSPS) is 21.3. The maximum atomic E-state index is 11.5. The van der Waals surface area contributed by atoms with Gasteiger partial charge in [-0.1, -0.05) is 6.92 Å². The molecule has 1 atom stereocenters. The Kier molecular flexibility index (Phi) is 4.47. The quantitative estimate of drug-likeness (QED) is 0.516. The topological polar surface area (TPSA) is 86.0 Å². The summed E-state index contributed by atoms with van der Waals surface area (Å²) < 4.78 is 0. The Morgan fingerprint density at radius 1 is 1.67 bits per heavy atom. The third-order valence-corrected chi connectivity index (χ3v) is 2.09. The van der Waals surface area contributed by atoms with Crippen LogP contribution in [0.2, 0.25) is 0 Å². The molecule has 7 heteroatoms. The van der Waals surface area contributed by atoms with Crippen LogP contribution in [0.25, 0.3) is 0 Å². The van der Waals surface area contributed by atoms with Crippen molar-refractivity contribution in [1.29, 1.82) is 0 Å². The van der Waals surface area contributed by atoms with Crippen molar-refractivity contribution in [2.75, 3.05) is 20.3 Å². The van der Waals surface area contributed by atoms with Gasteiger partial charge < -0.3 is 5.73 Å². The molecule has 0 radical (unpaired) electrons. The van der Waals surface area contributed by atoms with Crippen molar-refractivity contribution >= 4 is 12.4 Å². The van der Waals surface area contributed by atoms with Crippen LogP contribution in [0.3, 0.4) is 0 Å². The van der Waals surface area contributed by atoms with Gasteiger partial charge in [-0.05, 0) is 13.5 Å². The first kappa shape index (κ1) is 11.9. The van der Waals surface area contributed by atoms with Crippen LogP contribution in [-0.2, 0) is 0 Å². The Labute approximate surface area is 89.3 Å². The van der Waals surface area contributed by atoms with E-state index in [9.17, 15) is 4.79 Å². The molecule has 0 saturated heterocycles. The molecule has 4 N–H and O–H groups in total. The fourth-order valence-electron chi connectivity index (χ4n) is 1.49. The first-order valence-corrected chi connectivity index (χ1v) is 4.98. The highest BCUT2D eigenvalue weighted by Crippen LogP contribution is 2.07. The molecule has 86 valence electrons. The fourth-order valence-corrected chi connectivity index (χ4v) is 1.49. The molecule has 1 aliphatic heterocycles. The van der Waals surface area contributed by atoms with Crippen molar-refractivity contribution in [3.05, 3.63) is 0 Å². The van der Waals surface area contributed by atoms with Gasteiger partial charge in [0.25, 0.3) is 0 Å². The van der Waals surface area contributed by atoms with E-state index in [-0.39, 0.29) is 12.3 Å². The maximum Gasteiger partial charge on any atom is 0.347 e. The molecule has 1 rings (SSSR count). The number of amides is 2. The van der Waals surface area contributed by atoms with Crippen LogP contribution in [0.1, 0.15) is 13.3 Å². The standard InChI is InChI=1S/C8H18N6O/c1-3-4-13-7(10-2)14(12-5-9)6-11-8(13)15/h6-7,10,12H,3-5,9H2,1-2H3. The Hall–Kier alpha value is -1.18. The molecular weight excluding hydrogens is 196 g/mol. The van der Waals surface area contributed by atoms with Crippen LogP contribution in [0.4, 0.5) is 4.79 Å². The predicted octanol–water partition coefficient (Wildman–Crippen LogP) is -0.914. The number of nitrogens with zero attached hydrogens (tertiary/aromatic N) is 3. The van der Waals surface area contributed by atoms with Gasteiger partial charge in [-0.25, -0.2) is 10.2 Å². The van der Waals surface area contributed by atoms with Gasteiger partial charge in [0.15, 0.2) is 6.29 Å². The van der Waals surface area contributed by atoms with Crippen molar-refractivity contribution in [3.8, 4) is 0 Å². The second kappa shape index (κ2) is 5.64. The zero-order valence-corrected chi connectivity index (χ0v) is 9.10. The lowest BCUT2D eigenvalue weighted by molar-refractivity contribution is 0.0625. The van der Waals surface area contributed by atoms with Crippen LogP contribution < -0.4 is 16.5 Å². The van der Waals surface area contributed by atoms with E-state index >= 15 is 0 Å². The SMILES string of the molecule is CCCN1C(=O)N=CN(NCN)C1NC. The lowest BCUT2D eigenvalue weighted by atomic mass is 10.4. The minimum Gasteiger partial charge on any atom is -0.317 e. The summed E-state index contributed by atoms with van der Waals surface area (Å²) >= 11 is 0. The summed E-state index contributed by atoms with van der Waals surface area (Å²) in [4.78, 5) is 16.9. The minimum atomic E-state index is -0.238. The molecule has 0 bridgehead atoms. The highest BCUT2D eigenvalue weighted by Gasteiger charge is 2.29. The summed E-state index contributed by atoms with van der Waals surface area (Å²) in [5, 5.41) is 4.70. The smallest absolute Gasteiger partial charge is 0.317 e. The van der Waals surface area contributed by atoms with Gasteiger partial charge in [0.1, 0.15) is 6.34 Å². The van der Waals surface area contributed by atoms with E-state index in [0.717, 1.165) is 6.42 Å². The average Bonchev–Trinajstić information content (AvgIpc) is 2.24. The second-order valence-corrected chi connectivity index (χ2v) is 3.15. The summed E-state index contributed by atoms with van der Waals surface area (Å²) in [7, 11) is 1.78. The van der Waals surface area contributed by atoms with Crippen LogP contribution in [0.15, 0.2) is 4.99 Å². The number of nitrogens with one attached hydrogen (secondary N) is 2. The molecule has 2 amide bonds. The Morgan fingerprint density at radius 3 is 2.93 bits per heavy atom. The van der Waals surface area contributed by atoms with Gasteiger partial charge in [0.2, 0.25) is 0 Å². The summed E-state index contributed by atoms with van der Waals surface area (Å²) in [6.07, 6.45) is 2.09. The van der Waals surface area contributed by atoms with Gasteiger partial charge in [-0.2, -0.15) is 4.99 Å². The van der Waals surface area contributed by atoms with E-state index in [4.69, 9.17) is 5.73 Å². The summed E-state index contributed by atoms with van der Waals surface area (Å²) in [5.74, 6) is 0. The van der Waals surface area contributed by atoms with Crippen molar-refractivity contribution < 1.29 is 4.79 Å². The molecule has 1 heterocycles. The lowest BCUT2D eigenvalue weighted by Crippen LogP contribution is -2.63. The highest BCUT2D eigenvalue weighted by molar-refractivity contribution is 5.85. The van der Waals surface area contributed by atoms with Crippen molar-refractivity contribution in [2.24, 2.45) is 10.7 Å². The third kappa shape index (κ3) is 2.65. The number of hydrogen-bond acceptors (Lipinski definition) is 5. The molecule has 15 heavy (non-hydrogen) atoms. The number of rotatable bonds is 5. The van der Waals surface area contributed by atoms with Gasteiger partial charge >= 0.3 is 6.03 Å². The Bertz CT molecular complexity index is 243. The molecule has 0 spiro atoms. The number of hydrogen-bond donors (Lipinski definition) is 3. The summed E-state index contributed by atoms with van der Waals surface area (Å²) in [6.45, 7) is 2.96. The van der Waals surface area contributed by atoms with Gasteiger partial charge in [-0.3, -0.25) is 15.2 Å². The Morgan fingerprint density at radius 2 is 2.40 bits per heavy atom. The molecular formula is C8H18N6O. The monoisotopic (exact) mass is 214 g/mol. The number of urea groups is 1. The third-order valence-electron chi connectivity index (χ3n) is 2.09. The van der Waals surface area contributed by atoms with Gasteiger partial charge in [0, 0.05) is 6.54 Å². The molecule has 0 aromatic carbocycles. The molecule has 7 nitrogen and oxygen atoms in total. The van der Waals surface area contributed by atoms with Gasteiger partial charge in [0.05, 0.1) is 6.67 Å². The van der Waals surface area contributed by atoms with E-state index in [2.05, 4.69) is 15.7 Å². The van der Waals surface area contributed by atoms with Crippen LogP contribution >= 0.6 is 0 Å². The number of nitrogens with two attached hydrogens (primary N) is 1. The number of carbonyl (C=O) groups excluding carboxylic acids is 1. The van der Waals surface area contributed by atoms with Crippen molar-refractivity contribution in [2.45, 2.75) is 19.6 Å². The van der Waals surface area contributed by atoms with Gasteiger partial charge in [-0.15, -0.1) is 0 Å². The van der Waals surface area contributed by atoms with Crippen LogP contribution in [0.5, 0.6) is 0 Å². The number of hydrazine groups is 1. The lowest BCUT2D eigenvalue weighted by Gasteiger charge is -2.39. The molecule has 1 unspecified atom stereocenters. The van der Waals surface area contributed by atoms with E-state index in [1.807, 2.05) is 6.92 Å². The van der Waals surface area contributed by atoms with E-state index in [1.165, 1.54) is 6.34 Å². The number of carbonyl (C=O) groups is 1. The molecule has 0 aromatic heterocycles. The Balaban J connectivity index is 2.76. The first-order chi connectivity index (χ1) is 7.24. The molecule has 1 aliphatic rings. The molecule has 0 fully saturated rings. The zero-order chi connectivity index (χ0) is 11.3. The maximum absolute atomic E-state index is 11.5. The highest BCUT2D eigenvalue weighted by atomic mass is 16.2. The predicted molar refractivity (Wildman–Crippen MR) is 57.8 cm³/mol. The second-order valence-electron chi connectivity index (χ2n) is 3.15. The van der Waals surface area contributed by atoms with E-state index in [0.29, 0.717) is 13.2 Å². The zero-order valence-electron chi connectivity index (χ0n) is 9.10. The average molecular weight is 214 g/mol. The summed E-state index contributed by atoms with van der Waals surface area (Å²) in [5.41, 5.74) is 8.28. The molecule has 0 saturated carbocycles. The van der Waals surface area contributed by atoms with Crippen LogP contribution in [0, 0.1) is 0 Å². The van der Waals surface area contributed by atoms with Crippen molar-refractivity contribution in [1.82, 2.24) is 20.7 Å². The molecule has 0 aromatic rings. The largest absolute Gasteiger partial charge is 0.347 e. The van der Waals surface area contributed by atoms with E-state index < -0.39 is 0 Å². The summed E-state index contributed by atoms with van der Waals surface area (Å²) in [6, 6.07) is -0.230. The van der Waals surface area contributed by atoms with Crippen molar-refractivity contribution in [3.63, 3.8) is 0 Å². The van der Waals surface area contributed by atoms with E-state index in [1.54, 1.807) is 17.0 Å². The molecule has 0 aliphatic carbocycles.